The number of nitrogens with one attached hydrogen (secondary N) is 1. The first-order valence-electron chi connectivity index (χ1n) is 9.11. The Balaban J connectivity index is 2.16. The molecular formula is C22H22N2O4. The maximum absolute atomic E-state index is 12.5. The molecule has 6 nitrogen and oxygen atoms in total. The van der Waals surface area contributed by atoms with Crippen molar-refractivity contribution >= 4 is 34.2 Å². The first-order valence-corrected chi connectivity index (χ1v) is 9.11. The molecule has 3 rings (SSSR count). The van der Waals surface area contributed by atoms with Crippen LogP contribution < -0.4 is 5.32 Å². The molecule has 0 unspecified atom stereocenters. The number of rotatable bonds is 6. The van der Waals surface area contributed by atoms with Crippen LogP contribution in [0.25, 0.3) is 10.9 Å². The number of pyridine rings is 1. The van der Waals surface area contributed by atoms with Crippen LogP contribution in [0.4, 0.5) is 11.4 Å². The molecule has 0 bridgehead atoms. The summed E-state index contributed by atoms with van der Waals surface area (Å²) in [4.78, 5) is 28.8. The minimum absolute atomic E-state index is 0.254. The Kier molecular flexibility index (Phi) is 5.89. The zero-order chi connectivity index (χ0) is 20.1. The smallest absolute Gasteiger partial charge is 0.341 e. The number of benzene rings is 2. The molecule has 144 valence electrons. The third kappa shape index (κ3) is 3.96. The Morgan fingerprint density at radius 2 is 1.79 bits per heavy atom. The van der Waals surface area contributed by atoms with Crippen LogP contribution in [0.5, 0.6) is 0 Å². The van der Waals surface area contributed by atoms with E-state index in [0.29, 0.717) is 27.7 Å². The summed E-state index contributed by atoms with van der Waals surface area (Å²) in [6.07, 6.45) is 2.43. The molecule has 0 saturated heterocycles. The van der Waals surface area contributed by atoms with Gasteiger partial charge in [-0.3, -0.25) is 4.98 Å². The topological polar surface area (TPSA) is 77.5 Å². The largest absolute Gasteiger partial charge is 0.465 e. The molecule has 0 radical (unpaired) electrons. The molecule has 1 aromatic heterocycles. The van der Waals surface area contributed by atoms with Crippen LogP contribution in [0.2, 0.25) is 0 Å². The fourth-order valence-electron chi connectivity index (χ4n) is 2.90. The van der Waals surface area contributed by atoms with E-state index in [1.165, 1.54) is 18.9 Å². The first-order chi connectivity index (χ1) is 13.6. The summed E-state index contributed by atoms with van der Waals surface area (Å²) in [7, 11) is 1.33. The van der Waals surface area contributed by atoms with Gasteiger partial charge in [-0.25, -0.2) is 9.59 Å². The Bertz CT molecular complexity index is 1010. The summed E-state index contributed by atoms with van der Waals surface area (Å²) in [5, 5.41) is 3.93. The lowest BCUT2D eigenvalue weighted by Gasteiger charge is -2.15. The van der Waals surface area contributed by atoms with Crippen molar-refractivity contribution in [2.75, 3.05) is 19.0 Å². The van der Waals surface area contributed by atoms with E-state index >= 15 is 0 Å². The van der Waals surface area contributed by atoms with Gasteiger partial charge in [-0.05, 0) is 49.2 Å². The van der Waals surface area contributed by atoms with Crippen molar-refractivity contribution in [1.82, 2.24) is 4.98 Å². The van der Waals surface area contributed by atoms with Crippen LogP contribution in [-0.2, 0) is 15.9 Å². The highest BCUT2D eigenvalue weighted by atomic mass is 16.5. The molecule has 6 heteroatoms. The number of esters is 2. The number of methoxy groups -OCH3 is 1. The molecule has 1 N–H and O–H groups in total. The summed E-state index contributed by atoms with van der Waals surface area (Å²) >= 11 is 0. The molecular weight excluding hydrogens is 356 g/mol. The van der Waals surface area contributed by atoms with Gasteiger partial charge in [-0.15, -0.1) is 0 Å². The average molecular weight is 378 g/mol. The molecule has 28 heavy (non-hydrogen) atoms. The van der Waals surface area contributed by atoms with Crippen molar-refractivity contribution in [2.24, 2.45) is 0 Å². The van der Waals surface area contributed by atoms with Crippen molar-refractivity contribution in [3.05, 3.63) is 65.4 Å². The van der Waals surface area contributed by atoms with Crippen molar-refractivity contribution < 1.29 is 19.1 Å². The predicted molar refractivity (Wildman–Crippen MR) is 108 cm³/mol. The molecule has 0 fully saturated rings. The van der Waals surface area contributed by atoms with Gasteiger partial charge in [-0.1, -0.05) is 19.1 Å². The Labute approximate surface area is 163 Å². The van der Waals surface area contributed by atoms with Gasteiger partial charge in [-0.2, -0.15) is 0 Å². The standard InChI is InChI=1S/C22H22N2O4/c1-4-14-6-9-16(10-7-14)24-20-17-12-15(21(25)27-3)8-11-19(17)23-13-18(20)22(26)28-5-2/h6-13H,4-5H2,1-3H3,(H,23,24). The highest BCUT2D eigenvalue weighted by molar-refractivity contribution is 6.07. The fraction of sp³-hybridized carbons (Fsp3) is 0.227. The number of nitrogens with zero attached hydrogens (tertiary/aromatic N) is 1. The van der Waals surface area contributed by atoms with Crippen LogP contribution in [-0.4, -0.2) is 30.6 Å². The summed E-state index contributed by atoms with van der Waals surface area (Å²) < 4.78 is 9.99. The van der Waals surface area contributed by atoms with Crippen LogP contribution in [0.1, 0.15) is 40.1 Å². The zero-order valence-corrected chi connectivity index (χ0v) is 16.1. The van der Waals surface area contributed by atoms with Crippen molar-refractivity contribution in [2.45, 2.75) is 20.3 Å². The molecule has 0 aliphatic heterocycles. The highest BCUT2D eigenvalue weighted by Crippen LogP contribution is 2.31. The number of carbonyl (C=O) groups excluding carboxylic acids is 2. The van der Waals surface area contributed by atoms with Crippen LogP contribution in [0.3, 0.4) is 0 Å². The number of aryl methyl sites for hydroxylation is 1. The predicted octanol–water partition coefficient (Wildman–Crippen LogP) is 4.50. The summed E-state index contributed by atoms with van der Waals surface area (Å²) in [5.74, 6) is -0.935. The Hall–Kier alpha value is -3.41. The van der Waals surface area contributed by atoms with Gasteiger partial charge in [0.1, 0.15) is 5.56 Å². The first kappa shape index (κ1) is 19.4. The van der Waals surface area contributed by atoms with Crippen molar-refractivity contribution in [1.29, 1.82) is 0 Å². The van der Waals surface area contributed by atoms with Gasteiger partial charge < -0.3 is 14.8 Å². The third-order valence-electron chi connectivity index (χ3n) is 4.42. The monoisotopic (exact) mass is 378 g/mol. The number of aromatic nitrogens is 1. The lowest BCUT2D eigenvalue weighted by Crippen LogP contribution is -2.10. The minimum Gasteiger partial charge on any atom is -0.465 e. The highest BCUT2D eigenvalue weighted by Gasteiger charge is 2.18. The van der Waals surface area contributed by atoms with Crippen LogP contribution in [0, 0.1) is 0 Å². The summed E-state index contributed by atoms with van der Waals surface area (Å²) in [6.45, 7) is 4.09. The number of carbonyl (C=O) groups is 2. The van der Waals surface area contributed by atoms with Gasteiger partial charge in [0, 0.05) is 17.3 Å². The third-order valence-corrected chi connectivity index (χ3v) is 4.42. The van der Waals surface area contributed by atoms with Gasteiger partial charge >= 0.3 is 11.9 Å². The average Bonchev–Trinajstić information content (AvgIpc) is 2.73. The number of anilines is 2. The van der Waals surface area contributed by atoms with Crippen LogP contribution in [0.15, 0.2) is 48.7 Å². The quantitative estimate of drug-likeness (QED) is 0.636. The van der Waals surface area contributed by atoms with E-state index in [2.05, 4.69) is 17.2 Å². The SMILES string of the molecule is CCOC(=O)c1cnc2ccc(C(=O)OC)cc2c1Nc1ccc(CC)cc1. The molecule has 2 aromatic carbocycles. The van der Waals surface area contributed by atoms with Crippen LogP contribution >= 0.6 is 0 Å². The van der Waals surface area contributed by atoms with E-state index in [-0.39, 0.29) is 6.61 Å². The Morgan fingerprint density at radius 1 is 1.04 bits per heavy atom. The number of fused-ring (bicyclic) bond motifs is 1. The second-order valence-corrected chi connectivity index (χ2v) is 6.17. The second kappa shape index (κ2) is 8.52. The van der Waals surface area contributed by atoms with E-state index in [4.69, 9.17) is 9.47 Å². The molecule has 0 aliphatic rings. The Morgan fingerprint density at radius 3 is 2.43 bits per heavy atom. The van der Waals surface area contributed by atoms with Gasteiger partial charge in [0.2, 0.25) is 0 Å². The normalized spacial score (nSPS) is 10.5. The lowest BCUT2D eigenvalue weighted by atomic mass is 10.1. The fourth-order valence-corrected chi connectivity index (χ4v) is 2.90. The van der Waals surface area contributed by atoms with Gasteiger partial charge in [0.05, 0.1) is 30.5 Å². The summed E-state index contributed by atoms with van der Waals surface area (Å²) in [5.41, 5.74) is 3.90. The molecule has 0 aliphatic carbocycles. The molecule has 0 atom stereocenters. The number of hydrogen-bond acceptors (Lipinski definition) is 6. The number of ether oxygens (including phenoxy) is 2. The zero-order valence-electron chi connectivity index (χ0n) is 16.1. The number of hydrogen-bond donors (Lipinski definition) is 1. The maximum atomic E-state index is 12.5. The molecule has 3 aromatic rings. The van der Waals surface area contributed by atoms with E-state index < -0.39 is 11.9 Å². The van der Waals surface area contributed by atoms with E-state index in [0.717, 1.165) is 12.1 Å². The maximum Gasteiger partial charge on any atom is 0.341 e. The van der Waals surface area contributed by atoms with Crippen molar-refractivity contribution in [3.63, 3.8) is 0 Å². The van der Waals surface area contributed by atoms with E-state index in [1.54, 1.807) is 25.1 Å². The van der Waals surface area contributed by atoms with E-state index in [9.17, 15) is 9.59 Å². The van der Waals surface area contributed by atoms with Gasteiger partial charge in [0.25, 0.3) is 0 Å². The molecule has 0 spiro atoms. The minimum atomic E-state index is -0.479. The molecule has 1 heterocycles. The molecule has 0 saturated carbocycles. The van der Waals surface area contributed by atoms with Crippen molar-refractivity contribution in [3.8, 4) is 0 Å². The second-order valence-electron chi connectivity index (χ2n) is 6.17. The van der Waals surface area contributed by atoms with E-state index in [1.807, 2.05) is 24.3 Å². The lowest BCUT2D eigenvalue weighted by molar-refractivity contribution is 0.0526. The van der Waals surface area contributed by atoms with Gasteiger partial charge in [0.15, 0.2) is 0 Å². The molecule has 0 amide bonds. The summed E-state index contributed by atoms with van der Waals surface area (Å²) in [6, 6.07) is 13.0.